The van der Waals surface area contributed by atoms with E-state index >= 15 is 0 Å². The number of hydrogen-bond acceptors (Lipinski definition) is 5. The van der Waals surface area contributed by atoms with Gasteiger partial charge in [-0.1, -0.05) is 18.7 Å². The molecule has 0 bridgehead atoms. The minimum absolute atomic E-state index is 0.106. The number of amides is 1. The van der Waals surface area contributed by atoms with Crippen molar-refractivity contribution in [2.45, 2.75) is 30.5 Å². The maximum absolute atomic E-state index is 12.4. The van der Waals surface area contributed by atoms with Crippen LogP contribution in [0.1, 0.15) is 24.6 Å². The van der Waals surface area contributed by atoms with Crippen molar-refractivity contribution < 1.29 is 4.79 Å². The Labute approximate surface area is 133 Å². The highest BCUT2D eigenvalue weighted by atomic mass is 32.2. The number of thioether (sulfide) groups is 1. The number of nitriles is 1. The second kappa shape index (κ2) is 7.57. The maximum Gasteiger partial charge on any atom is 0.237 e. The molecular formula is C16H16N4OS. The molecule has 0 spiro atoms. The first-order valence-electron chi connectivity index (χ1n) is 6.89. The maximum atomic E-state index is 12.4. The summed E-state index contributed by atoms with van der Waals surface area (Å²) in [4.78, 5) is 20.7. The topological polar surface area (TPSA) is 78.7 Å². The number of rotatable bonds is 5. The van der Waals surface area contributed by atoms with Gasteiger partial charge in [-0.3, -0.25) is 9.78 Å². The first kappa shape index (κ1) is 16.0. The van der Waals surface area contributed by atoms with E-state index in [-0.39, 0.29) is 11.2 Å². The first-order chi connectivity index (χ1) is 10.6. The zero-order valence-electron chi connectivity index (χ0n) is 12.4. The van der Waals surface area contributed by atoms with Crippen LogP contribution in [0.5, 0.6) is 0 Å². The Morgan fingerprint density at radius 1 is 1.36 bits per heavy atom. The smallest absolute Gasteiger partial charge is 0.237 e. The highest BCUT2D eigenvalue weighted by molar-refractivity contribution is 8.00. The SMILES string of the molecule is CCC(Sc1nc(C)ccc1C#N)C(=O)Nc1ccncc1. The Morgan fingerprint density at radius 2 is 2.09 bits per heavy atom. The summed E-state index contributed by atoms with van der Waals surface area (Å²) in [6.45, 7) is 3.80. The number of nitrogens with one attached hydrogen (secondary N) is 1. The second-order valence-electron chi connectivity index (χ2n) is 4.66. The molecule has 0 aliphatic rings. The number of carbonyl (C=O) groups excluding carboxylic acids is 1. The quantitative estimate of drug-likeness (QED) is 0.858. The van der Waals surface area contributed by atoms with Crippen LogP contribution in [0.15, 0.2) is 41.7 Å². The Kier molecular flexibility index (Phi) is 5.50. The summed E-state index contributed by atoms with van der Waals surface area (Å²) < 4.78 is 0. The van der Waals surface area contributed by atoms with Gasteiger partial charge in [-0.15, -0.1) is 0 Å². The van der Waals surface area contributed by atoms with Crippen molar-refractivity contribution in [3.05, 3.63) is 47.9 Å². The number of nitrogens with zero attached hydrogens (tertiary/aromatic N) is 3. The fourth-order valence-electron chi connectivity index (χ4n) is 1.82. The van der Waals surface area contributed by atoms with Gasteiger partial charge in [-0.2, -0.15) is 5.26 Å². The van der Waals surface area contributed by atoms with Gasteiger partial charge in [0.25, 0.3) is 0 Å². The molecule has 0 fully saturated rings. The molecule has 0 saturated carbocycles. The van der Waals surface area contributed by atoms with Crippen LogP contribution in [-0.4, -0.2) is 21.1 Å². The van der Waals surface area contributed by atoms with Crippen molar-refractivity contribution in [3.8, 4) is 6.07 Å². The van der Waals surface area contributed by atoms with Gasteiger partial charge >= 0.3 is 0 Å². The van der Waals surface area contributed by atoms with E-state index in [1.54, 1.807) is 36.7 Å². The van der Waals surface area contributed by atoms with Crippen molar-refractivity contribution in [2.75, 3.05) is 5.32 Å². The minimum atomic E-state index is -0.311. The Balaban J connectivity index is 2.14. The minimum Gasteiger partial charge on any atom is -0.325 e. The fourth-order valence-corrected chi connectivity index (χ4v) is 2.86. The molecule has 6 heteroatoms. The molecule has 1 amide bonds. The Hall–Kier alpha value is -2.39. The van der Waals surface area contributed by atoms with Gasteiger partial charge in [0.1, 0.15) is 11.1 Å². The fraction of sp³-hybridized carbons (Fsp3) is 0.250. The molecule has 2 heterocycles. The van der Waals surface area contributed by atoms with Crippen LogP contribution in [0.3, 0.4) is 0 Å². The van der Waals surface area contributed by atoms with E-state index < -0.39 is 0 Å². The summed E-state index contributed by atoms with van der Waals surface area (Å²) in [7, 11) is 0. The molecule has 1 N–H and O–H groups in total. The van der Waals surface area contributed by atoms with Gasteiger partial charge < -0.3 is 5.32 Å². The molecule has 0 aliphatic heterocycles. The molecule has 1 unspecified atom stereocenters. The van der Waals surface area contributed by atoms with Crippen LogP contribution < -0.4 is 5.32 Å². The van der Waals surface area contributed by atoms with E-state index in [4.69, 9.17) is 5.26 Å². The van der Waals surface area contributed by atoms with E-state index in [2.05, 4.69) is 21.4 Å². The van der Waals surface area contributed by atoms with E-state index in [1.165, 1.54) is 11.8 Å². The van der Waals surface area contributed by atoms with Crippen molar-refractivity contribution in [1.82, 2.24) is 9.97 Å². The van der Waals surface area contributed by atoms with Gasteiger partial charge in [0.15, 0.2) is 0 Å². The lowest BCUT2D eigenvalue weighted by atomic mass is 10.3. The third-order valence-electron chi connectivity index (χ3n) is 2.98. The Morgan fingerprint density at radius 3 is 2.73 bits per heavy atom. The van der Waals surface area contributed by atoms with Crippen molar-refractivity contribution in [2.24, 2.45) is 0 Å². The molecule has 2 rings (SSSR count). The van der Waals surface area contributed by atoms with Gasteiger partial charge in [-0.25, -0.2) is 4.98 Å². The summed E-state index contributed by atoms with van der Waals surface area (Å²) in [6, 6.07) is 9.12. The van der Waals surface area contributed by atoms with E-state index in [0.717, 1.165) is 5.69 Å². The molecule has 0 radical (unpaired) electrons. The largest absolute Gasteiger partial charge is 0.325 e. The summed E-state index contributed by atoms with van der Waals surface area (Å²) in [5, 5.41) is 12.3. The van der Waals surface area contributed by atoms with E-state index in [9.17, 15) is 4.79 Å². The number of aryl methyl sites for hydroxylation is 1. The summed E-state index contributed by atoms with van der Waals surface area (Å²) in [5.41, 5.74) is 2.02. The lowest BCUT2D eigenvalue weighted by Gasteiger charge is -2.15. The average molecular weight is 312 g/mol. The predicted octanol–water partition coefficient (Wildman–Crippen LogP) is 3.17. The molecule has 112 valence electrons. The average Bonchev–Trinajstić information content (AvgIpc) is 2.53. The number of anilines is 1. The van der Waals surface area contributed by atoms with E-state index in [0.29, 0.717) is 22.7 Å². The third kappa shape index (κ3) is 4.06. The molecule has 22 heavy (non-hydrogen) atoms. The molecule has 1 atom stereocenters. The monoisotopic (exact) mass is 312 g/mol. The molecule has 0 saturated heterocycles. The second-order valence-corrected chi connectivity index (χ2v) is 5.85. The van der Waals surface area contributed by atoms with Crippen molar-refractivity contribution in [3.63, 3.8) is 0 Å². The van der Waals surface area contributed by atoms with Crippen LogP contribution in [0.4, 0.5) is 5.69 Å². The van der Waals surface area contributed by atoms with Gasteiger partial charge in [0, 0.05) is 23.8 Å². The van der Waals surface area contributed by atoms with Crippen LogP contribution >= 0.6 is 11.8 Å². The molecule has 2 aromatic rings. The van der Waals surface area contributed by atoms with Crippen molar-refractivity contribution >= 4 is 23.4 Å². The third-order valence-corrected chi connectivity index (χ3v) is 4.35. The lowest BCUT2D eigenvalue weighted by molar-refractivity contribution is -0.115. The van der Waals surface area contributed by atoms with Crippen LogP contribution in [0.25, 0.3) is 0 Å². The van der Waals surface area contributed by atoms with Gasteiger partial charge in [0.2, 0.25) is 5.91 Å². The normalized spacial score (nSPS) is 11.5. The van der Waals surface area contributed by atoms with Crippen molar-refractivity contribution in [1.29, 1.82) is 5.26 Å². The Bertz CT molecular complexity index is 697. The van der Waals surface area contributed by atoms with Crippen LogP contribution in [0, 0.1) is 18.3 Å². The molecular weight excluding hydrogens is 296 g/mol. The molecule has 0 aromatic carbocycles. The molecule has 2 aromatic heterocycles. The summed E-state index contributed by atoms with van der Waals surface area (Å²) >= 11 is 1.32. The number of carbonyl (C=O) groups is 1. The lowest BCUT2D eigenvalue weighted by Crippen LogP contribution is -2.24. The molecule has 5 nitrogen and oxygen atoms in total. The number of aromatic nitrogens is 2. The highest BCUT2D eigenvalue weighted by Gasteiger charge is 2.20. The molecule has 0 aliphatic carbocycles. The number of hydrogen-bond donors (Lipinski definition) is 1. The van der Waals surface area contributed by atoms with E-state index in [1.807, 2.05) is 13.8 Å². The first-order valence-corrected chi connectivity index (χ1v) is 7.77. The van der Waals surface area contributed by atoms with Crippen LogP contribution in [-0.2, 0) is 4.79 Å². The van der Waals surface area contributed by atoms with Crippen LogP contribution in [0.2, 0.25) is 0 Å². The summed E-state index contributed by atoms with van der Waals surface area (Å²) in [6.07, 6.45) is 3.89. The standard InChI is InChI=1S/C16H16N4OS/c1-3-14(15(21)20-13-6-8-18-9-7-13)22-16-12(10-17)5-4-11(2)19-16/h4-9,14H,3H2,1-2H3,(H,18,20,21). The summed E-state index contributed by atoms with van der Waals surface area (Å²) in [5.74, 6) is -0.106. The zero-order valence-corrected chi connectivity index (χ0v) is 13.2. The number of pyridine rings is 2. The zero-order chi connectivity index (χ0) is 15.9. The predicted molar refractivity (Wildman–Crippen MR) is 86.5 cm³/mol. The van der Waals surface area contributed by atoms with Gasteiger partial charge in [0.05, 0.1) is 10.8 Å². The highest BCUT2D eigenvalue weighted by Crippen LogP contribution is 2.27. The van der Waals surface area contributed by atoms with Gasteiger partial charge in [-0.05, 0) is 37.6 Å².